The minimum absolute atomic E-state index is 0.0840. The number of aromatic nitrogens is 2. The van der Waals surface area contributed by atoms with Crippen LogP contribution in [0.5, 0.6) is 0 Å². The van der Waals surface area contributed by atoms with Crippen LogP contribution in [0.3, 0.4) is 0 Å². The fourth-order valence-electron chi connectivity index (χ4n) is 1.47. The quantitative estimate of drug-likeness (QED) is 0.841. The Morgan fingerprint density at radius 3 is 2.63 bits per heavy atom. The number of halogens is 1. The third-order valence-corrected chi connectivity index (χ3v) is 4.66. The Bertz CT molecular complexity index is 727. The number of nitrogens with one attached hydrogen (secondary N) is 1. The first-order valence-electron chi connectivity index (χ1n) is 5.18. The van der Waals surface area contributed by atoms with Gasteiger partial charge in [0.2, 0.25) is 5.13 Å². The van der Waals surface area contributed by atoms with Crippen molar-refractivity contribution < 1.29 is 12.8 Å². The fourth-order valence-corrected chi connectivity index (χ4v) is 3.53. The molecule has 19 heavy (non-hydrogen) atoms. The maximum absolute atomic E-state index is 13.2. The van der Waals surface area contributed by atoms with E-state index in [2.05, 4.69) is 14.1 Å². The van der Waals surface area contributed by atoms with Crippen LogP contribution in [0.4, 0.5) is 15.2 Å². The molecule has 3 N–H and O–H groups in total. The van der Waals surface area contributed by atoms with Gasteiger partial charge in [-0.1, -0.05) is 0 Å². The number of hydrogen-bond acceptors (Lipinski definition) is 6. The second-order valence-electron chi connectivity index (χ2n) is 3.89. The van der Waals surface area contributed by atoms with Gasteiger partial charge in [-0.3, -0.25) is 4.72 Å². The summed E-state index contributed by atoms with van der Waals surface area (Å²) >= 11 is 0.928. The fraction of sp³-hybridized carbons (Fsp3) is 0.200. The molecule has 0 saturated carbocycles. The number of aryl methyl sites for hydroxylation is 2. The smallest absolute Gasteiger partial charge is 0.264 e. The molecule has 9 heteroatoms. The van der Waals surface area contributed by atoms with Gasteiger partial charge in [-0.25, -0.2) is 17.8 Å². The Morgan fingerprint density at radius 2 is 2.05 bits per heavy atom. The van der Waals surface area contributed by atoms with Gasteiger partial charge in [0.25, 0.3) is 10.0 Å². The summed E-state index contributed by atoms with van der Waals surface area (Å²) in [6, 6.07) is 2.16. The molecule has 1 heterocycles. The van der Waals surface area contributed by atoms with E-state index in [0.29, 0.717) is 5.82 Å². The van der Waals surface area contributed by atoms with Gasteiger partial charge in [0, 0.05) is 11.5 Å². The number of hydrogen-bond donors (Lipinski definition) is 2. The first kappa shape index (κ1) is 13.7. The average Bonchev–Trinajstić information content (AvgIpc) is 2.68. The Labute approximate surface area is 113 Å². The molecule has 1 aromatic carbocycles. The molecule has 0 aliphatic carbocycles. The molecule has 0 atom stereocenters. The monoisotopic (exact) mass is 302 g/mol. The van der Waals surface area contributed by atoms with Crippen LogP contribution in [0.15, 0.2) is 17.0 Å². The van der Waals surface area contributed by atoms with Crippen molar-refractivity contribution in [3.05, 3.63) is 29.3 Å². The highest BCUT2D eigenvalue weighted by molar-refractivity contribution is 7.93. The van der Waals surface area contributed by atoms with Crippen LogP contribution < -0.4 is 10.5 Å². The second kappa shape index (κ2) is 4.74. The zero-order chi connectivity index (χ0) is 14.2. The Kier molecular flexibility index (Phi) is 3.42. The standard InChI is InChI=1S/C10H11FN4O2S2/c1-5-3-7(11)8(12)4-9(5)19(16,17)15-10-13-6(2)14-18-10/h3-4H,12H2,1-2H3,(H,13,14,15). The van der Waals surface area contributed by atoms with Crippen molar-refractivity contribution in [2.45, 2.75) is 18.7 Å². The average molecular weight is 302 g/mol. The van der Waals surface area contributed by atoms with E-state index in [1.54, 1.807) is 6.92 Å². The van der Waals surface area contributed by atoms with Crippen molar-refractivity contribution in [2.75, 3.05) is 10.5 Å². The zero-order valence-corrected chi connectivity index (χ0v) is 11.8. The highest BCUT2D eigenvalue weighted by Crippen LogP contribution is 2.24. The molecular formula is C10H11FN4O2S2. The molecule has 6 nitrogen and oxygen atoms in total. The Hall–Kier alpha value is -1.74. The molecule has 0 bridgehead atoms. The Balaban J connectivity index is 2.42. The van der Waals surface area contributed by atoms with Crippen molar-refractivity contribution in [3.63, 3.8) is 0 Å². The number of rotatable bonds is 3. The molecule has 2 rings (SSSR count). The molecule has 0 fully saturated rings. The number of nitrogens with two attached hydrogens (primary N) is 1. The lowest BCUT2D eigenvalue weighted by molar-refractivity contribution is 0.599. The highest BCUT2D eigenvalue weighted by atomic mass is 32.2. The predicted molar refractivity (Wildman–Crippen MR) is 71.0 cm³/mol. The van der Waals surface area contributed by atoms with E-state index in [1.807, 2.05) is 0 Å². The van der Waals surface area contributed by atoms with Crippen LogP contribution in [0.1, 0.15) is 11.4 Å². The number of nitrogen functional groups attached to an aromatic ring is 1. The maximum Gasteiger partial charge on any atom is 0.264 e. The predicted octanol–water partition coefficient (Wildman–Crippen LogP) is 1.68. The summed E-state index contributed by atoms with van der Waals surface area (Å²) in [5.74, 6) is -0.179. The summed E-state index contributed by atoms with van der Waals surface area (Å²) < 4.78 is 43.7. The molecule has 0 saturated heterocycles. The second-order valence-corrected chi connectivity index (χ2v) is 6.29. The normalized spacial score (nSPS) is 11.5. The Morgan fingerprint density at radius 1 is 1.37 bits per heavy atom. The van der Waals surface area contributed by atoms with Gasteiger partial charge in [-0.2, -0.15) is 4.37 Å². The minimum atomic E-state index is -3.86. The molecule has 102 valence electrons. The minimum Gasteiger partial charge on any atom is -0.396 e. The lowest BCUT2D eigenvalue weighted by atomic mass is 10.2. The van der Waals surface area contributed by atoms with E-state index in [-0.39, 0.29) is 21.3 Å². The van der Waals surface area contributed by atoms with Gasteiger partial charge in [-0.15, -0.1) is 0 Å². The van der Waals surface area contributed by atoms with Gasteiger partial charge in [0.1, 0.15) is 11.6 Å². The highest BCUT2D eigenvalue weighted by Gasteiger charge is 2.20. The topological polar surface area (TPSA) is 98.0 Å². The number of sulfonamides is 1. The van der Waals surface area contributed by atoms with Crippen LogP contribution in [0, 0.1) is 19.7 Å². The van der Waals surface area contributed by atoms with E-state index in [9.17, 15) is 12.8 Å². The maximum atomic E-state index is 13.2. The summed E-state index contributed by atoms with van der Waals surface area (Å²) in [6.07, 6.45) is 0. The summed E-state index contributed by atoms with van der Waals surface area (Å²) in [5, 5.41) is 0.153. The lowest BCUT2D eigenvalue weighted by Crippen LogP contribution is -2.15. The van der Waals surface area contributed by atoms with Crippen molar-refractivity contribution in [1.82, 2.24) is 9.36 Å². The number of benzene rings is 1. The van der Waals surface area contributed by atoms with Crippen LogP contribution in [0.2, 0.25) is 0 Å². The van der Waals surface area contributed by atoms with E-state index in [1.165, 1.54) is 6.92 Å². The third-order valence-electron chi connectivity index (χ3n) is 2.33. The van der Waals surface area contributed by atoms with E-state index >= 15 is 0 Å². The largest absolute Gasteiger partial charge is 0.396 e. The number of anilines is 2. The van der Waals surface area contributed by atoms with Crippen molar-refractivity contribution >= 4 is 32.4 Å². The van der Waals surface area contributed by atoms with Crippen LogP contribution in [-0.2, 0) is 10.0 Å². The SMILES string of the molecule is Cc1nsc(NS(=O)(=O)c2cc(N)c(F)cc2C)n1. The van der Waals surface area contributed by atoms with Crippen molar-refractivity contribution in [3.8, 4) is 0 Å². The van der Waals surface area contributed by atoms with Crippen molar-refractivity contribution in [2.24, 2.45) is 0 Å². The number of nitrogens with zero attached hydrogens (tertiary/aromatic N) is 2. The molecule has 0 amide bonds. The summed E-state index contributed by atoms with van der Waals surface area (Å²) in [4.78, 5) is 3.82. The first-order chi connectivity index (χ1) is 8.79. The summed E-state index contributed by atoms with van der Waals surface area (Å²) in [5.41, 5.74) is 5.43. The zero-order valence-electron chi connectivity index (χ0n) is 10.1. The lowest BCUT2D eigenvalue weighted by Gasteiger charge is -2.09. The molecule has 0 radical (unpaired) electrons. The first-order valence-corrected chi connectivity index (χ1v) is 7.44. The molecule has 0 aliphatic rings. The van der Waals surface area contributed by atoms with E-state index < -0.39 is 15.8 Å². The molecule has 2 aromatic rings. The van der Waals surface area contributed by atoms with Gasteiger partial charge in [0.05, 0.1) is 10.6 Å². The van der Waals surface area contributed by atoms with E-state index in [4.69, 9.17) is 5.73 Å². The molecule has 0 spiro atoms. The molecule has 0 unspecified atom stereocenters. The van der Waals surface area contributed by atoms with Gasteiger partial charge >= 0.3 is 0 Å². The van der Waals surface area contributed by atoms with Gasteiger partial charge in [-0.05, 0) is 31.5 Å². The molecule has 0 aliphatic heterocycles. The van der Waals surface area contributed by atoms with E-state index in [0.717, 1.165) is 23.7 Å². The van der Waals surface area contributed by atoms with Crippen LogP contribution in [-0.4, -0.2) is 17.8 Å². The van der Waals surface area contributed by atoms with Crippen LogP contribution in [0.25, 0.3) is 0 Å². The summed E-state index contributed by atoms with van der Waals surface area (Å²) in [6.45, 7) is 3.14. The van der Waals surface area contributed by atoms with Gasteiger partial charge in [0.15, 0.2) is 0 Å². The molecular weight excluding hydrogens is 291 g/mol. The molecule has 1 aromatic heterocycles. The van der Waals surface area contributed by atoms with Crippen molar-refractivity contribution in [1.29, 1.82) is 0 Å². The summed E-state index contributed by atoms with van der Waals surface area (Å²) in [7, 11) is -3.86. The van der Waals surface area contributed by atoms with Crippen LogP contribution >= 0.6 is 11.5 Å². The van der Waals surface area contributed by atoms with Gasteiger partial charge < -0.3 is 5.73 Å². The third kappa shape index (κ3) is 2.82.